The summed E-state index contributed by atoms with van der Waals surface area (Å²) in [6.07, 6.45) is 2.19. The summed E-state index contributed by atoms with van der Waals surface area (Å²) in [7, 11) is 0.0382. The number of hydrogen-bond donors (Lipinski definition) is 2. The minimum absolute atomic E-state index is 0.342. The summed E-state index contributed by atoms with van der Waals surface area (Å²) >= 11 is 0. The molecule has 0 bridgehead atoms. The van der Waals surface area contributed by atoms with Crippen LogP contribution in [0, 0.1) is 0 Å². The Kier molecular flexibility index (Phi) is 3.28. The van der Waals surface area contributed by atoms with Crippen LogP contribution in [0.15, 0.2) is 12.3 Å². The van der Waals surface area contributed by atoms with Gasteiger partial charge in [-0.1, -0.05) is 6.92 Å². The van der Waals surface area contributed by atoms with Crippen LogP contribution in [0.25, 0.3) is 0 Å². The van der Waals surface area contributed by atoms with Crippen LogP contribution in [0.5, 0.6) is 5.75 Å². The largest absolute Gasteiger partial charge is 0.495 e. The van der Waals surface area contributed by atoms with Crippen LogP contribution < -0.4 is 10.2 Å². The van der Waals surface area contributed by atoms with Gasteiger partial charge >= 0.3 is 7.12 Å². The van der Waals surface area contributed by atoms with Gasteiger partial charge < -0.3 is 14.8 Å². The molecule has 13 heavy (non-hydrogen) atoms. The smallest absolute Gasteiger partial charge is 0.490 e. The standard InChI is InChI=1S/C8H12BNO3/c1-3-7-8(13-2)4-6(5-10-7)9(11)12/h4-5,11-12H,3H2,1-2H3. The zero-order valence-corrected chi connectivity index (χ0v) is 7.69. The van der Waals surface area contributed by atoms with E-state index in [1.54, 1.807) is 6.07 Å². The van der Waals surface area contributed by atoms with Gasteiger partial charge in [0.1, 0.15) is 5.75 Å². The Morgan fingerprint density at radius 2 is 2.23 bits per heavy atom. The molecule has 0 atom stereocenters. The second-order valence-electron chi connectivity index (χ2n) is 2.64. The quantitative estimate of drug-likeness (QED) is 0.607. The van der Waals surface area contributed by atoms with Crippen molar-refractivity contribution in [3.8, 4) is 5.75 Å². The molecule has 0 unspecified atom stereocenters. The molecule has 4 nitrogen and oxygen atoms in total. The summed E-state index contributed by atoms with van der Waals surface area (Å²) in [6, 6.07) is 1.58. The van der Waals surface area contributed by atoms with E-state index in [1.807, 2.05) is 6.92 Å². The first-order valence-electron chi connectivity index (χ1n) is 4.08. The van der Waals surface area contributed by atoms with Crippen molar-refractivity contribution in [3.05, 3.63) is 18.0 Å². The van der Waals surface area contributed by atoms with E-state index >= 15 is 0 Å². The maximum absolute atomic E-state index is 8.87. The van der Waals surface area contributed by atoms with Gasteiger partial charge in [0.15, 0.2) is 0 Å². The van der Waals surface area contributed by atoms with Gasteiger partial charge in [0.05, 0.1) is 12.8 Å². The minimum atomic E-state index is -1.49. The van der Waals surface area contributed by atoms with Crippen LogP contribution in [-0.4, -0.2) is 29.3 Å². The molecule has 0 saturated heterocycles. The first-order valence-corrected chi connectivity index (χ1v) is 4.08. The third-order valence-corrected chi connectivity index (χ3v) is 1.80. The number of ether oxygens (including phenoxy) is 1. The van der Waals surface area contributed by atoms with E-state index in [9.17, 15) is 0 Å². The Labute approximate surface area is 77.3 Å². The highest BCUT2D eigenvalue weighted by molar-refractivity contribution is 6.58. The molecular weight excluding hydrogens is 169 g/mol. The van der Waals surface area contributed by atoms with Crippen molar-refractivity contribution in [3.63, 3.8) is 0 Å². The van der Waals surface area contributed by atoms with E-state index in [0.717, 1.165) is 12.1 Å². The van der Waals surface area contributed by atoms with Crippen LogP contribution in [0.1, 0.15) is 12.6 Å². The zero-order chi connectivity index (χ0) is 9.84. The highest BCUT2D eigenvalue weighted by Crippen LogP contribution is 2.13. The molecule has 1 heterocycles. The van der Waals surface area contributed by atoms with E-state index in [2.05, 4.69) is 4.98 Å². The molecule has 0 fully saturated rings. The van der Waals surface area contributed by atoms with Gasteiger partial charge in [0.2, 0.25) is 0 Å². The predicted octanol–water partition coefficient (Wildman–Crippen LogP) is -0.668. The third-order valence-electron chi connectivity index (χ3n) is 1.80. The summed E-state index contributed by atoms with van der Waals surface area (Å²) in [5.41, 5.74) is 1.15. The third kappa shape index (κ3) is 2.20. The lowest BCUT2D eigenvalue weighted by molar-refractivity contribution is 0.405. The SMILES string of the molecule is CCc1ncc(B(O)O)cc1OC. The Morgan fingerprint density at radius 1 is 1.54 bits per heavy atom. The maximum atomic E-state index is 8.87. The lowest BCUT2D eigenvalue weighted by atomic mass is 9.81. The number of pyridine rings is 1. The minimum Gasteiger partial charge on any atom is -0.495 e. The van der Waals surface area contributed by atoms with Gasteiger partial charge in [-0.2, -0.15) is 0 Å². The molecule has 0 aliphatic rings. The molecule has 0 aromatic carbocycles. The molecule has 2 N–H and O–H groups in total. The van der Waals surface area contributed by atoms with Gasteiger partial charge in [0.25, 0.3) is 0 Å². The van der Waals surface area contributed by atoms with Gasteiger partial charge in [0, 0.05) is 11.7 Å². The van der Waals surface area contributed by atoms with Crippen LogP contribution in [0.2, 0.25) is 0 Å². The van der Waals surface area contributed by atoms with Gasteiger partial charge in [-0.3, -0.25) is 4.98 Å². The average Bonchev–Trinajstić information content (AvgIpc) is 2.16. The molecule has 0 aliphatic heterocycles. The Hall–Kier alpha value is -1.07. The second kappa shape index (κ2) is 4.25. The normalized spacial score (nSPS) is 9.85. The summed E-state index contributed by atoms with van der Waals surface area (Å²) in [6.45, 7) is 1.96. The number of hydrogen-bond acceptors (Lipinski definition) is 4. The molecule has 0 radical (unpaired) electrons. The van der Waals surface area contributed by atoms with E-state index in [-0.39, 0.29) is 0 Å². The van der Waals surface area contributed by atoms with Gasteiger partial charge in [-0.15, -0.1) is 0 Å². The fourth-order valence-corrected chi connectivity index (χ4v) is 1.07. The fraction of sp³-hybridized carbons (Fsp3) is 0.375. The van der Waals surface area contributed by atoms with E-state index < -0.39 is 7.12 Å². The Bertz CT molecular complexity index is 291. The van der Waals surface area contributed by atoms with Crippen molar-refractivity contribution >= 4 is 12.6 Å². The van der Waals surface area contributed by atoms with Crippen molar-refractivity contribution in [2.24, 2.45) is 0 Å². The number of nitrogens with zero attached hydrogens (tertiary/aromatic N) is 1. The fourth-order valence-electron chi connectivity index (χ4n) is 1.07. The average molecular weight is 181 g/mol. The Morgan fingerprint density at radius 3 is 2.69 bits per heavy atom. The molecule has 1 rings (SSSR count). The number of methoxy groups -OCH3 is 1. The van der Waals surface area contributed by atoms with Crippen molar-refractivity contribution in [1.29, 1.82) is 0 Å². The molecule has 5 heteroatoms. The highest BCUT2D eigenvalue weighted by atomic mass is 16.5. The van der Waals surface area contributed by atoms with Crippen LogP contribution in [-0.2, 0) is 6.42 Å². The maximum Gasteiger partial charge on any atom is 0.490 e. The van der Waals surface area contributed by atoms with E-state index in [4.69, 9.17) is 14.8 Å². The lowest BCUT2D eigenvalue weighted by Gasteiger charge is -2.07. The van der Waals surface area contributed by atoms with Gasteiger partial charge in [-0.25, -0.2) is 0 Å². The van der Waals surface area contributed by atoms with Crippen molar-refractivity contribution in [2.45, 2.75) is 13.3 Å². The second-order valence-corrected chi connectivity index (χ2v) is 2.64. The number of rotatable bonds is 3. The highest BCUT2D eigenvalue weighted by Gasteiger charge is 2.13. The van der Waals surface area contributed by atoms with Crippen LogP contribution in [0.4, 0.5) is 0 Å². The summed E-state index contributed by atoms with van der Waals surface area (Å²) in [5.74, 6) is 0.591. The lowest BCUT2D eigenvalue weighted by Crippen LogP contribution is -2.30. The zero-order valence-electron chi connectivity index (χ0n) is 7.69. The van der Waals surface area contributed by atoms with Gasteiger partial charge in [-0.05, 0) is 12.5 Å². The molecule has 1 aromatic heterocycles. The molecule has 0 spiro atoms. The molecule has 0 amide bonds. The monoisotopic (exact) mass is 181 g/mol. The van der Waals surface area contributed by atoms with Crippen LogP contribution in [0.3, 0.4) is 0 Å². The first kappa shape index (κ1) is 10.0. The summed E-state index contributed by atoms with van der Waals surface area (Å²) < 4.78 is 5.04. The van der Waals surface area contributed by atoms with E-state index in [1.165, 1.54) is 13.3 Å². The Balaban J connectivity index is 3.05. The van der Waals surface area contributed by atoms with Crippen molar-refractivity contribution in [2.75, 3.05) is 7.11 Å². The number of aryl methyl sites for hydroxylation is 1. The van der Waals surface area contributed by atoms with E-state index in [0.29, 0.717) is 11.2 Å². The first-order chi connectivity index (χ1) is 6.19. The predicted molar refractivity (Wildman–Crippen MR) is 50.0 cm³/mol. The topological polar surface area (TPSA) is 62.6 Å². The van der Waals surface area contributed by atoms with Crippen molar-refractivity contribution in [1.82, 2.24) is 4.98 Å². The molecular formula is C8H12BNO3. The summed E-state index contributed by atoms with van der Waals surface area (Å²) in [5, 5.41) is 17.7. The molecule has 0 aliphatic carbocycles. The molecule has 0 saturated carbocycles. The molecule has 1 aromatic rings. The number of aromatic nitrogens is 1. The van der Waals surface area contributed by atoms with Crippen molar-refractivity contribution < 1.29 is 14.8 Å². The summed E-state index contributed by atoms with van der Waals surface area (Å²) in [4.78, 5) is 4.04. The molecule has 70 valence electrons. The van der Waals surface area contributed by atoms with Crippen LogP contribution >= 0.6 is 0 Å².